The third kappa shape index (κ3) is 4.65. The van der Waals surface area contributed by atoms with E-state index in [0.29, 0.717) is 12.1 Å². The number of carbonyl (C=O) groups is 1. The van der Waals surface area contributed by atoms with Crippen LogP contribution in [0, 0.1) is 5.92 Å². The van der Waals surface area contributed by atoms with Crippen molar-refractivity contribution >= 4 is 5.91 Å². The van der Waals surface area contributed by atoms with E-state index in [1.54, 1.807) is 6.20 Å². The molecule has 1 aliphatic rings. The van der Waals surface area contributed by atoms with E-state index >= 15 is 0 Å². The van der Waals surface area contributed by atoms with E-state index in [2.05, 4.69) is 34.3 Å². The number of nitrogens with zero attached hydrogens (tertiary/aromatic N) is 2. The van der Waals surface area contributed by atoms with Gasteiger partial charge in [-0.15, -0.1) is 0 Å². The topological polar surface area (TPSA) is 45.2 Å². The molecule has 0 spiro atoms. The van der Waals surface area contributed by atoms with Crippen molar-refractivity contribution < 1.29 is 4.79 Å². The summed E-state index contributed by atoms with van der Waals surface area (Å²) in [5.41, 5.74) is 2.83. The largest absolute Gasteiger partial charge is 0.346 e. The number of aromatic nitrogens is 1. The third-order valence-electron chi connectivity index (χ3n) is 4.52. The number of piperidine rings is 1. The van der Waals surface area contributed by atoms with Gasteiger partial charge in [0.05, 0.1) is 12.2 Å². The Morgan fingerprint density at radius 2 is 2.08 bits per heavy atom. The molecule has 126 valence electrons. The van der Waals surface area contributed by atoms with Crippen molar-refractivity contribution in [2.24, 2.45) is 5.92 Å². The lowest BCUT2D eigenvalue weighted by Crippen LogP contribution is -2.33. The van der Waals surface area contributed by atoms with Crippen molar-refractivity contribution in [1.82, 2.24) is 15.2 Å². The number of pyridine rings is 1. The number of carbonyl (C=O) groups excluding carboxylic acids is 1. The summed E-state index contributed by atoms with van der Waals surface area (Å²) in [6.45, 7) is 6.09. The van der Waals surface area contributed by atoms with Gasteiger partial charge in [0, 0.05) is 24.8 Å². The summed E-state index contributed by atoms with van der Waals surface area (Å²) in [5.74, 6) is 0.731. The number of rotatable bonds is 5. The van der Waals surface area contributed by atoms with Gasteiger partial charge in [-0.1, -0.05) is 25.1 Å². The molecule has 0 aliphatic carbocycles. The van der Waals surface area contributed by atoms with E-state index in [4.69, 9.17) is 0 Å². The van der Waals surface area contributed by atoms with Crippen molar-refractivity contribution in [2.75, 3.05) is 13.1 Å². The molecule has 1 fully saturated rings. The van der Waals surface area contributed by atoms with Crippen molar-refractivity contribution in [3.63, 3.8) is 0 Å². The molecule has 2 heterocycles. The SMILES string of the molecule is CC1CCCN(Cc2ccc(C(=O)NCc3ccccn3)cc2)C1. The van der Waals surface area contributed by atoms with Crippen LogP contribution in [-0.4, -0.2) is 28.9 Å². The molecule has 1 saturated heterocycles. The van der Waals surface area contributed by atoms with Crippen LogP contribution in [0.15, 0.2) is 48.7 Å². The first-order chi connectivity index (χ1) is 11.7. The Labute approximate surface area is 143 Å². The molecule has 0 bridgehead atoms. The Morgan fingerprint density at radius 3 is 2.79 bits per heavy atom. The van der Waals surface area contributed by atoms with E-state index < -0.39 is 0 Å². The Morgan fingerprint density at radius 1 is 1.25 bits per heavy atom. The third-order valence-corrected chi connectivity index (χ3v) is 4.52. The zero-order chi connectivity index (χ0) is 16.8. The van der Waals surface area contributed by atoms with Crippen LogP contribution in [0.2, 0.25) is 0 Å². The molecule has 1 aromatic carbocycles. The van der Waals surface area contributed by atoms with E-state index in [1.807, 2.05) is 30.3 Å². The van der Waals surface area contributed by atoms with Gasteiger partial charge in [-0.25, -0.2) is 0 Å². The van der Waals surface area contributed by atoms with Crippen LogP contribution in [0.1, 0.15) is 41.4 Å². The second kappa shape index (κ2) is 8.06. The molecule has 0 radical (unpaired) electrons. The molecule has 1 aliphatic heterocycles. The average molecular weight is 323 g/mol. The van der Waals surface area contributed by atoms with Crippen LogP contribution >= 0.6 is 0 Å². The van der Waals surface area contributed by atoms with Crippen molar-refractivity contribution in [2.45, 2.75) is 32.9 Å². The number of hydrogen-bond acceptors (Lipinski definition) is 3. The first-order valence-electron chi connectivity index (χ1n) is 8.70. The highest BCUT2D eigenvalue weighted by Gasteiger charge is 2.16. The van der Waals surface area contributed by atoms with Crippen molar-refractivity contribution in [3.8, 4) is 0 Å². The second-order valence-corrected chi connectivity index (χ2v) is 6.68. The molecule has 24 heavy (non-hydrogen) atoms. The molecule has 0 saturated carbocycles. The van der Waals surface area contributed by atoms with Crippen LogP contribution in [0.3, 0.4) is 0 Å². The molecular formula is C20H25N3O. The van der Waals surface area contributed by atoms with Crippen molar-refractivity contribution in [1.29, 1.82) is 0 Å². The predicted octanol–water partition coefficient (Wildman–Crippen LogP) is 3.24. The van der Waals surface area contributed by atoms with E-state index in [1.165, 1.54) is 31.5 Å². The molecular weight excluding hydrogens is 298 g/mol. The fraction of sp³-hybridized carbons (Fsp3) is 0.400. The van der Waals surface area contributed by atoms with Gasteiger partial charge in [0.1, 0.15) is 0 Å². The summed E-state index contributed by atoms with van der Waals surface area (Å²) in [5, 5.41) is 2.91. The van der Waals surface area contributed by atoms with E-state index in [0.717, 1.165) is 18.2 Å². The van der Waals surface area contributed by atoms with Gasteiger partial charge in [0.2, 0.25) is 0 Å². The Balaban J connectivity index is 1.52. The molecule has 3 rings (SSSR count). The summed E-state index contributed by atoms with van der Waals surface area (Å²) < 4.78 is 0. The van der Waals surface area contributed by atoms with Gasteiger partial charge in [-0.05, 0) is 55.1 Å². The molecule has 2 aromatic rings. The van der Waals surface area contributed by atoms with Crippen LogP contribution in [0.4, 0.5) is 0 Å². The minimum absolute atomic E-state index is 0.0567. The first-order valence-corrected chi connectivity index (χ1v) is 8.70. The second-order valence-electron chi connectivity index (χ2n) is 6.68. The predicted molar refractivity (Wildman–Crippen MR) is 95.5 cm³/mol. The van der Waals surface area contributed by atoms with Crippen molar-refractivity contribution in [3.05, 3.63) is 65.5 Å². The highest BCUT2D eigenvalue weighted by atomic mass is 16.1. The zero-order valence-electron chi connectivity index (χ0n) is 14.2. The molecule has 1 amide bonds. The van der Waals surface area contributed by atoms with Gasteiger partial charge in [0.25, 0.3) is 5.91 Å². The van der Waals surface area contributed by atoms with E-state index in [-0.39, 0.29) is 5.91 Å². The van der Waals surface area contributed by atoms with Gasteiger partial charge in [0.15, 0.2) is 0 Å². The Bertz CT molecular complexity index is 654. The van der Waals surface area contributed by atoms with Crippen LogP contribution in [-0.2, 0) is 13.1 Å². The Hall–Kier alpha value is -2.20. The van der Waals surface area contributed by atoms with Crippen LogP contribution in [0.5, 0.6) is 0 Å². The molecule has 1 atom stereocenters. The van der Waals surface area contributed by atoms with Gasteiger partial charge >= 0.3 is 0 Å². The summed E-state index contributed by atoms with van der Waals surface area (Å²) >= 11 is 0. The first kappa shape index (κ1) is 16.7. The lowest BCUT2D eigenvalue weighted by Gasteiger charge is -2.30. The number of amides is 1. The molecule has 1 unspecified atom stereocenters. The maximum atomic E-state index is 12.2. The highest BCUT2D eigenvalue weighted by molar-refractivity contribution is 5.94. The normalized spacial score (nSPS) is 18.3. The summed E-state index contributed by atoms with van der Waals surface area (Å²) in [6, 6.07) is 13.7. The quantitative estimate of drug-likeness (QED) is 0.919. The monoisotopic (exact) mass is 323 g/mol. The number of nitrogens with one attached hydrogen (secondary N) is 1. The van der Waals surface area contributed by atoms with Gasteiger partial charge in [-0.2, -0.15) is 0 Å². The number of likely N-dealkylation sites (tertiary alicyclic amines) is 1. The van der Waals surface area contributed by atoms with Crippen LogP contribution < -0.4 is 5.32 Å². The maximum absolute atomic E-state index is 12.2. The maximum Gasteiger partial charge on any atom is 0.251 e. The minimum atomic E-state index is -0.0567. The standard InChI is InChI=1S/C20H25N3O/c1-16-5-4-12-23(14-16)15-17-7-9-18(10-8-17)20(24)22-13-19-6-2-3-11-21-19/h2-3,6-11,16H,4-5,12-15H2,1H3,(H,22,24). The van der Waals surface area contributed by atoms with Gasteiger partial charge in [-0.3, -0.25) is 14.7 Å². The molecule has 4 nitrogen and oxygen atoms in total. The smallest absolute Gasteiger partial charge is 0.251 e. The molecule has 4 heteroatoms. The fourth-order valence-electron chi connectivity index (χ4n) is 3.23. The Kier molecular flexibility index (Phi) is 5.59. The molecule has 1 N–H and O–H groups in total. The summed E-state index contributed by atoms with van der Waals surface area (Å²) in [7, 11) is 0. The van der Waals surface area contributed by atoms with Gasteiger partial charge < -0.3 is 5.32 Å². The lowest BCUT2D eigenvalue weighted by molar-refractivity contribution is 0.0950. The van der Waals surface area contributed by atoms with Crippen LogP contribution in [0.25, 0.3) is 0 Å². The molecule has 1 aromatic heterocycles. The fourth-order valence-corrected chi connectivity index (χ4v) is 3.23. The zero-order valence-corrected chi connectivity index (χ0v) is 14.2. The summed E-state index contributed by atoms with van der Waals surface area (Å²) in [4.78, 5) is 18.9. The average Bonchev–Trinajstić information content (AvgIpc) is 2.61. The lowest BCUT2D eigenvalue weighted by atomic mass is 9.99. The minimum Gasteiger partial charge on any atom is -0.346 e. The highest BCUT2D eigenvalue weighted by Crippen LogP contribution is 2.18. The van der Waals surface area contributed by atoms with E-state index in [9.17, 15) is 4.79 Å². The number of hydrogen-bond donors (Lipinski definition) is 1. The number of benzene rings is 1. The summed E-state index contributed by atoms with van der Waals surface area (Å²) in [6.07, 6.45) is 4.36.